The number of carbonyl (C=O) groups is 1. The highest BCUT2D eigenvalue weighted by Gasteiger charge is 2.34. The summed E-state index contributed by atoms with van der Waals surface area (Å²) >= 11 is 0. The molecule has 0 spiro atoms. The molecule has 14 heavy (non-hydrogen) atoms. The first kappa shape index (κ1) is 11.2. The molecule has 1 heterocycles. The molecule has 0 aromatic carbocycles. The molecule has 1 saturated heterocycles. The van der Waals surface area contributed by atoms with Crippen LogP contribution in [0.15, 0.2) is 12.2 Å². The van der Waals surface area contributed by atoms with Crippen LogP contribution in [0.3, 0.4) is 0 Å². The molecule has 1 N–H and O–H groups in total. The second-order valence-corrected chi connectivity index (χ2v) is 4.42. The zero-order valence-electron chi connectivity index (χ0n) is 9.16. The van der Waals surface area contributed by atoms with E-state index in [1.54, 1.807) is 30.9 Å². The van der Waals surface area contributed by atoms with Crippen molar-refractivity contribution in [3.05, 3.63) is 12.2 Å². The first-order valence-corrected chi connectivity index (χ1v) is 5.09. The number of nitrogens with zero attached hydrogens (tertiary/aromatic N) is 1. The molecule has 3 nitrogen and oxygen atoms in total. The smallest absolute Gasteiger partial charge is 0.246 e. The summed E-state index contributed by atoms with van der Waals surface area (Å²) in [7, 11) is 0. The van der Waals surface area contributed by atoms with E-state index < -0.39 is 5.60 Å². The molecule has 1 rings (SSSR count). The minimum absolute atomic E-state index is 0.0549. The van der Waals surface area contributed by atoms with Crippen molar-refractivity contribution in [3.8, 4) is 0 Å². The number of amides is 1. The molecule has 1 amide bonds. The molecule has 0 aromatic rings. The Balaban J connectivity index is 2.53. The summed E-state index contributed by atoms with van der Waals surface area (Å²) in [5, 5.41) is 9.79. The Morgan fingerprint density at radius 3 is 2.64 bits per heavy atom. The highest BCUT2D eigenvalue weighted by atomic mass is 16.3. The van der Waals surface area contributed by atoms with Crippen LogP contribution in [-0.4, -0.2) is 34.6 Å². The van der Waals surface area contributed by atoms with Gasteiger partial charge in [0.15, 0.2) is 0 Å². The van der Waals surface area contributed by atoms with E-state index in [9.17, 15) is 9.90 Å². The average Bonchev–Trinajstić information content (AvgIpc) is 2.51. The molecule has 1 aliphatic rings. The number of allylic oxidation sites excluding steroid dienone is 1. The van der Waals surface area contributed by atoms with Crippen molar-refractivity contribution in [2.45, 2.75) is 32.8 Å². The number of hydrogen-bond acceptors (Lipinski definition) is 2. The third kappa shape index (κ3) is 2.58. The SMILES string of the molecule is C/C=C/C(=O)N1CCC(C(C)(C)O)C1. The molecule has 3 heteroatoms. The molecule has 80 valence electrons. The first-order valence-electron chi connectivity index (χ1n) is 5.09. The summed E-state index contributed by atoms with van der Waals surface area (Å²) in [6, 6.07) is 0. The summed E-state index contributed by atoms with van der Waals surface area (Å²) in [6.45, 7) is 6.88. The molecular formula is C11H19NO2. The summed E-state index contributed by atoms with van der Waals surface area (Å²) in [4.78, 5) is 13.3. The number of hydrogen-bond donors (Lipinski definition) is 1. The van der Waals surface area contributed by atoms with Gasteiger partial charge >= 0.3 is 0 Å². The fourth-order valence-electron chi connectivity index (χ4n) is 1.79. The van der Waals surface area contributed by atoms with Crippen molar-refractivity contribution in [1.29, 1.82) is 0 Å². The van der Waals surface area contributed by atoms with Crippen molar-refractivity contribution in [2.24, 2.45) is 5.92 Å². The van der Waals surface area contributed by atoms with Crippen molar-refractivity contribution < 1.29 is 9.90 Å². The van der Waals surface area contributed by atoms with Crippen LogP contribution in [0.1, 0.15) is 27.2 Å². The maximum atomic E-state index is 11.5. The summed E-state index contributed by atoms with van der Waals surface area (Å²) in [5.41, 5.74) is -0.676. The fourth-order valence-corrected chi connectivity index (χ4v) is 1.79. The summed E-state index contributed by atoms with van der Waals surface area (Å²) < 4.78 is 0. The first-order chi connectivity index (χ1) is 6.45. The highest BCUT2D eigenvalue weighted by Crippen LogP contribution is 2.26. The van der Waals surface area contributed by atoms with Crippen LogP contribution >= 0.6 is 0 Å². The minimum Gasteiger partial charge on any atom is -0.390 e. The van der Waals surface area contributed by atoms with Gasteiger partial charge in [0.1, 0.15) is 0 Å². The van der Waals surface area contributed by atoms with Gasteiger partial charge in [0.25, 0.3) is 0 Å². The Bertz CT molecular complexity index is 240. The van der Waals surface area contributed by atoms with Crippen LogP contribution < -0.4 is 0 Å². The lowest BCUT2D eigenvalue weighted by atomic mass is 9.90. The van der Waals surface area contributed by atoms with Crippen LogP contribution in [-0.2, 0) is 4.79 Å². The van der Waals surface area contributed by atoms with Gasteiger partial charge in [-0.3, -0.25) is 4.79 Å². The quantitative estimate of drug-likeness (QED) is 0.675. The topological polar surface area (TPSA) is 40.5 Å². The van der Waals surface area contributed by atoms with Gasteiger partial charge in [0.05, 0.1) is 5.60 Å². The van der Waals surface area contributed by atoms with Gasteiger partial charge in [-0.2, -0.15) is 0 Å². The Labute approximate surface area is 85.4 Å². The lowest BCUT2D eigenvalue weighted by Crippen LogP contribution is -2.34. The van der Waals surface area contributed by atoms with Crippen molar-refractivity contribution in [3.63, 3.8) is 0 Å². The Kier molecular flexibility index (Phi) is 3.32. The second kappa shape index (κ2) is 4.13. The van der Waals surface area contributed by atoms with Gasteiger partial charge in [-0.25, -0.2) is 0 Å². The van der Waals surface area contributed by atoms with Gasteiger partial charge in [-0.15, -0.1) is 0 Å². The van der Waals surface area contributed by atoms with Gasteiger partial charge < -0.3 is 10.0 Å². The molecule has 0 aliphatic carbocycles. The van der Waals surface area contributed by atoms with Gasteiger partial charge in [0.2, 0.25) is 5.91 Å². The van der Waals surface area contributed by atoms with Crippen molar-refractivity contribution in [2.75, 3.05) is 13.1 Å². The van der Waals surface area contributed by atoms with Crippen LogP contribution in [0.4, 0.5) is 0 Å². The Morgan fingerprint density at radius 2 is 2.21 bits per heavy atom. The predicted octanol–water partition coefficient (Wildman–Crippen LogP) is 1.18. The molecular weight excluding hydrogens is 178 g/mol. The third-order valence-electron chi connectivity index (χ3n) is 2.81. The van der Waals surface area contributed by atoms with E-state index >= 15 is 0 Å². The van der Waals surface area contributed by atoms with Crippen LogP contribution in [0.5, 0.6) is 0 Å². The Morgan fingerprint density at radius 1 is 1.57 bits per heavy atom. The molecule has 1 atom stereocenters. The standard InChI is InChI=1S/C11H19NO2/c1-4-5-10(13)12-7-6-9(8-12)11(2,3)14/h4-5,9,14H,6-8H2,1-3H3/b5-4+. The highest BCUT2D eigenvalue weighted by molar-refractivity contribution is 5.87. The number of likely N-dealkylation sites (tertiary alicyclic amines) is 1. The normalized spacial score (nSPS) is 23.4. The maximum absolute atomic E-state index is 11.5. The van der Waals surface area contributed by atoms with Crippen molar-refractivity contribution >= 4 is 5.91 Å². The van der Waals surface area contributed by atoms with E-state index in [0.717, 1.165) is 13.0 Å². The molecule has 0 saturated carbocycles. The van der Waals surface area contributed by atoms with Crippen LogP contribution in [0.25, 0.3) is 0 Å². The minimum atomic E-state index is -0.676. The molecule has 1 unspecified atom stereocenters. The monoisotopic (exact) mass is 197 g/mol. The number of aliphatic hydroxyl groups is 1. The molecule has 0 bridgehead atoms. The third-order valence-corrected chi connectivity index (χ3v) is 2.81. The van der Waals surface area contributed by atoms with E-state index in [-0.39, 0.29) is 11.8 Å². The van der Waals surface area contributed by atoms with Crippen LogP contribution in [0, 0.1) is 5.92 Å². The molecule has 0 aromatic heterocycles. The lowest BCUT2D eigenvalue weighted by molar-refractivity contribution is -0.125. The van der Waals surface area contributed by atoms with E-state index in [1.807, 2.05) is 6.92 Å². The van der Waals surface area contributed by atoms with E-state index in [2.05, 4.69) is 0 Å². The molecule has 0 radical (unpaired) electrons. The van der Waals surface area contributed by atoms with E-state index in [1.165, 1.54) is 0 Å². The average molecular weight is 197 g/mol. The fraction of sp³-hybridized carbons (Fsp3) is 0.727. The number of rotatable bonds is 2. The van der Waals surface area contributed by atoms with Gasteiger partial charge in [0, 0.05) is 19.0 Å². The summed E-state index contributed by atoms with van der Waals surface area (Å²) in [5.74, 6) is 0.260. The largest absolute Gasteiger partial charge is 0.390 e. The van der Waals surface area contributed by atoms with E-state index in [0.29, 0.717) is 6.54 Å². The lowest BCUT2D eigenvalue weighted by Gasteiger charge is -2.25. The van der Waals surface area contributed by atoms with Crippen molar-refractivity contribution in [1.82, 2.24) is 4.90 Å². The Hall–Kier alpha value is -0.830. The zero-order valence-corrected chi connectivity index (χ0v) is 9.16. The van der Waals surface area contributed by atoms with Gasteiger partial charge in [-0.05, 0) is 33.3 Å². The maximum Gasteiger partial charge on any atom is 0.246 e. The number of carbonyl (C=O) groups excluding carboxylic acids is 1. The van der Waals surface area contributed by atoms with Gasteiger partial charge in [-0.1, -0.05) is 6.08 Å². The molecule has 1 fully saturated rings. The second-order valence-electron chi connectivity index (χ2n) is 4.42. The molecule has 1 aliphatic heterocycles. The van der Waals surface area contributed by atoms with E-state index in [4.69, 9.17) is 0 Å². The zero-order chi connectivity index (χ0) is 10.8. The predicted molar refractivity (Wildman–Crippen MR) is 55.8 cm³/mol. The summed E-state index contributed by atoms with van der Waals surface area (Å²) in [6.07, 6.45) is 4.22. The van der Waals surface area contributed by atoms with Crippen LogP contribution in [0.2, 0.25) is 0 Å².